The number of aromatic nitrogens is 1. The summed E-state index contributed by atoms with van der Waals surface area (Å²) in [6.45, 7) is 1.47. The number of hydrogen-bond acceptors (Lipinski definition) is 2. The van der Waals surface area contributed by atoms with Crippen molar-refractivity contribution in [1.82, 2.24) is 4.98 Å². The third-order valence-electron chi connectivity index (χ3n) is 1.35. The molecule has 1 aromatic rings. The summed E-state index contributed by atoms with van der Waals surface area (Å²) in [4.78, 5) is 3.33. The summed E-state index contributed by atoms with van der Waals surface area (Å²) in [5.74, 6) is -1.13. The first-order valence-corrected chi connectivity index (χ1v) is 3.23. The number of nitrogens with zero attached hydrogens (tertiary/aromatic N) is 1. The molecule has 0 aliphatic carbocycles. The first-order chi connectivity index (χ1) is 5.52. The van der Waals surface area contributed by atoms with Crippen LogP contribution in [0.2, 0.25) is 0 Å². The summed E-state index contributed by atoms with van der Waals surface area (Å²) < 4.78 is 36.8. The minimum Gasteiger partial charge on any atom is -0.396 e. The van der Waals surface area contributed by atoms with Gasteiger partial charge in [-0.05, 0) is 13.0 Å². The highest BCUT2D eigenvalue weighted by Gasteiger charge is 2.17. The van der Waals surface area contributed by atoms with Crippen molar-refractivity contribution in [3.05, 3.63) is 23.3 Å². The molecule has 2 N–H and O–H groups in total. The van der Waals surface area contributed by atoms with Crippen LogP contribution in [0.1, 0.15) is 17.8 Å². The van der Waals surface area contributed by atoms with Crippen molar-refractivity contribution in [2.45, 2.75) is 13.3 Å². The molecule has 0 unspecified atom stereocenters. The van der Waals surface area contributed by atoms with Crippen LogP contribution in [0.4, 0.5) is 18.9 Å². The molecule has 66 valence electrons. The maximum Gasteiger partial charge on any atom is 0.283 e. The van der Waals surface area contributed by atoms with Crippen LogP contribution < -0.4 is 5.73 Å². The van der Waals surface area contributed by atoms with E-state index in [0.29, 0.717) is 0 Å². The van der Waals surface area contributed by atoms with Gasteiger partial charge in [0.1, 0.15) is 5.69 Å². The lowest BCUT2D eigenvalue weighted by Gasteiger charge is -2.04. The van der Waals surface area contributed by atoms with E-state index in [4.69, 9.17) is 5.73 Å². The van der Waals surface area contributed by atoms with Gasteiger partial charge in [-0.15, -0.1) is 0 Å². The van der Waals surface area contributed by atoms with Gasteiger partial charge >= 0.3 is 0 Å². The highest BCUT2D eigenvalue weighted by molar-refractivity contribution is 5.42. The molecule has 0 amide bonds. The highest BCUT2D eigenvalue weighted by atomic mass is 19.3. The number of anilines is 1. The van der Waals surface area contributed by atoms with Crippen molar-refractivity contribution in [3.63, 3.8) is 0 Å². The minimum absolute atomic E-state index is 0.282. The van der Waals surface area contributed by atoms with Crippen LogP contribution >= 0.6 is 0 Å². The molecular formula is C7H7F3N2. The first kappa shape index (κ1) is 8.83. The Morgan fingerprint density at radius 3 is 2.58 bits per heavy atom. The molecule has 0 bridgehead atoms. The number of aryl methyl sites for hydroxylation is 1. The molecule has 0 radical (unpaired) electrons. The van der Waals surface area contributed by atoms with Gasteiger partial charge in [0.15, 0.2) is 5.82 Å². The number of pyridine rings is 1. The Hall–Kier alpha value is -1.26. The molecule has 1 heterocycles. The fraction of sp³-hybridized carbons (Fsp3) is 0.286. The SMILES string of the molecule is Cc1cc(N)c(F)c(C(F)F)n1. The van der Waals surface area contributed by atoms with Crippen LogP contribution in [0.15, 0.2) is 6.07 Å². The van der Waals surface area contributed by atoms with Crippen molar-refractivity contribution in [2.24, 2.45) is 0 Å². The van der Waals surface area contributed by atoms with Crippen molar-refractivity contribution in [3.8, 4) is 0 Å². The van der Waals surface area contributed by atoms with Crippen LogP contribution in [-0.2, 0) is 0 Å². The summed E-state index contributed by atoms with van der Waals surface area (Å²) in [5.41, 5.74) is 4.22. The van der Waals surface area contributed by atoms with Crippen LogP contribution in [0.5, 0.6) is 0 Å². The van der Waals surface area contributed by atoms with Crippen LogP contribution in [0.25, 0.3) is 0 Å². The Balaban J connectivity index is 3.28. The number of hydrogen-bond donors (Lipinski definition) is 1. The van der Waals surface area contributed by atoms with Gasteiger partial charge in [0.2, 0.25) is 0 Å². The van der Waals surface area contributed by atoms with Gasteiger partial charge in [-0.3, -0.25) is 0 Å². The quantitative estimate of drug-likeness (QED) is 0.711. The molecule has 0 spiro atoms. The van der Waals surface area contributed by atoms with Gasteiger partial charge in [-0.1, -0.05) is 0 Å². The number of rotatable bonds is 1. The summed E-state index contributed by atoms with van der Waals surface area (Å²) in [6, 6.07) is 1.21. The van der Waals surface area contributed by atoms with Crippen LogP contribution in [0, 0.1) is 12.7 Å². The third-order valence-corrected chi connectivity index (χ3v) is 1.35. The third kappa shape index (κ3) is 1.49. The number of alkyl halides is 2. The molecule has 2 nitrogen and oxygen atoms in total. The van der Waals surface area contributed by atoms with Crippen molar-refractivity contribution >= 4 is 5.69 Å². The van der Waals surface area contributed by atoms with E-state index in [-0.39, 0.29) is 11.4 Å². The van der Waals surface area contributed by atoms with E-state index < -0.39 is 17.9 Å². The molecule has 0 aliphatic heterocycles. The largest absolute Gasteiger partial charge is 0.396 e. The average Bonchev–Trinajstić information content (AvgIpc) is 1.96. The van der Waals surface area contributed by atoms with Gasteiger partial charge in [0, 0.05) is 5.69 Å². The van der Waals surface area contributed by atoms with E-state index in [1.54, 1.807) is 0 Å². The summed E-state index contributed by atoms with van der Waals surface area (Å²) in [6.07, 6.45) is -2.92. The van der Waals surface area contributed by atoms with Crippen molar-refractivity contribution < 1.29 is 13.2 Å². The molecular weight excluding hydrogens is 169 g/mol. The fourth-order valence-electron chi connectivity index (χ4n) is 0.852. The molecule has 0 aliphatic rings. The summed E-state index contributed by atoms with van der Waals surface area (Å²) >= 11 is 0. The van der Waals surface area contributed by atoms with E-state index in [1.165, 1.54) is 13.0 Å². The van der Waals surface area contributed by atoms with E-state index in [0.717, 1.165) is 0 Å². The Labute approximate surface area is 67.2 Å². The molecule has 0 fully saturated rings. The number of halogens is 3. The molecule has 0 atom stereocenters. The normalized spacial score (nSPS) is 10.8. The second-order valence-electron chi connectivity index (χ2n) is 2.35. The molecule has 5 heteroatoms. The second kappa shape index (κ2) is 3.00. The van der Waals surface area contributed by atoms with Gasteiger partial charge < -0.3 is 5.73 Å². The molecule has 0 saturated carbocycles. The highest BCUT2D eigenvalue weighted by Crippen LogP contribution is 2.23. The van der Waals surface area contributed by atoms with Gasteiger partial charge in [0.25, 0.3) is 6.43 Å². The zero-order valence-corrected chi connectivity index (χ0v) is 6.31. The first-order valence-electron chi connectivity index (χ1n) is 3.23. The van der Waals surface area contributed by atoms with Gasteiger partial charge in [0.05, 0.1) is 5.69 Å². The standard InChI is InChI=1S/C7H7F3N2/c1-3-2-4(11)5(8)6(12-3)7(9)10/h2,7H,1H3,(H2,11,12). The van der Waals surface area contributed by atoms with E-state index in [1.807, 2.05) is 0 Å². The van der Waals surface area contributed by atoms with Crippen LogP contribution in [0.3, 0.4) is 0 Å². The van der Waals surface area contributed by atoms with Crippen molar-refractivity contribution in [2.75, 3.05) is 5.73 Å². The maximum absolute atomic E-state index is 12.8. The lowest BCUT2D eigenvalue weighted by molar-refractivity contribution is 0.140. The lowest BCUT2D eigenvalue weighted by Crippen LogP contribution is -2.02. The predicted octanol–water partition coefficient (Wildman–Crippen LogP) is 2.05. The van der Waals surface area contributed by atoms with Gasteiger partial charge in [-0.2, -0.15) is 0 Å². The predicted molar refractivity (Wildman–Crippen MR) is 38.3 cm³/mol. The van der Waals surface area contributed by atoms with E-state index >= 15 is 0 Å². The van der Waals surface area contributed by atoms with Gasteiger partial charge in [-0.25, -0.2) is 18.2 Å². The average molecular weight is 176 g/mol. The topological polar surface area (TPSA) is 38.9 Å². The number of nitrogens with two attached hydrogens (primary N) is 1. The Kier molecular flexibility index (Phi) is 2.21. The Bertz CT molecular complexity index is 299. The Morgan fingerprint density at radius 2 is 2.08 bits per heavy atom. The molecule has 0 saturated heterocycles. The number of nitrogen functional groups attached to an aromatic ring is 1. The molecule has 0 aromatic carbocycles. The molecule has 1 rings (SSSR count). The zero-order valence-electron chi connectivity index (χ0n) is 6.31. The van der Waals surface area contributed by atoms with E-state index in [2.05, 4.69) is 4.98 Å². The summed E-state index contributed by atoms with van der Waals surface area (Å²) in [5, 5.41) is 0. The minimum atomic E-state index is -2.92. The summed E-state index contributed by atoms with van der Waals surface area (Å²) in [7, 11) is 0. The maximum atomic E-state index is 12.8. The molecule has 1 aromatic heterocycles. The lowest BCUT2D eigenvalue weighted by atomic mass is 10.2. The smallest absolute Gasteiger partial charge is 0.283 e. The fourth-order valence-corrected chi connectivity index (χ4v) is 0.852. The monoisotopic (exact) mass is 176 g/mol. The van der Waals surface area contributed by atoms with E-state index in [9.17, 15) is 13.2 Å². The van der Waals surface area contributed by atoms with Crippen molar-refractivity contribution in [1.29, 1.82) is 0 Å². The zero-order chi connectivity index (χ0) is 9.30. The Morgan fingerprint density at radius 1 is 1.50 bits per heavy atom. The molecule has 12 heavy (non-hydrogen) atoms. The second-order valence-corrected chi connectivity index (χ2v) is 2.35. The van der Waals surface area contributed by atoms with Crippen LogP contribution in [-0.4, -0.2) is 4.98 Å².